The van der Waals surface area contributed by atoms with Crippen molar-refractivity contribution in [1.82, 2.24) is 4.57 Å². The van der Waals surface area contributed by atoms with Gasteiger partial charge in [0.05, 0.1) is 11.1 Å². The van der Waals surface area contributed by atoms with Gasteiger partial charge in [0.25, 0.3) is 0 Å². The number of hydrogen-bond donors (Lipinski definition) is 1. The highest BCUT2D eigenvalue weighted by molar-refractivity contribution is 5.88. The topological polar surface area (TPSA) is 30.9 Å². The molecule has 1 heterocycles. The predicted molar refractivity (Wildman–Crippen MR) is 69.9 cm³/mol. The lowest BCUT2D eigenvalue weighted by atomic mass is 10.0. The zero-order valence-electron chi connectivity index (χ0n) is 11.1. The van der Waals surface area contributed by atoms with Gasteiger partial charge in [0, 0.05) is 23.7 Å². The quantitative estimate of drug-likeness (QED) is 0.868. The van der Waals surface area contributed by atoms with Crippen LogP contribution < -0.4 is 5.73 Å². The molecule has 1 atom stereocenters. The van der Waals surface area contributed by atoms with E-state index in [1.165, 1.54) is 6.07 Å². The third kappa shape index (κ3) is 2.34. The summed E-state index contributed by atoms with van der Waals surface area (Å²) in [6, 6.07) is 3.89. The van der Waals surface area contributed by atoms with Crippen molar-refractivity contribution in [3.63, 3.8) is 0 Å². The van der Waals surface area contributed by atoms with Crippen LogP contribution in [-0.2, 0) is 6.18 Å². The second kappa shape index (κ2) is 4.56. The van der Waals surface area contributed by atoms with Crippen LogP contribution in [-0.4, -0.2) is 4.57 Å². The van der Waals surface area contributed by atoms with E-state index in [9.17, 15) is 13.2 Å². The molecule has 0 aliphatic heterocycles. The Labute approximate surface area is 110 Å². The number of aromatic nitrogens is 1. The number of hydrogen-bond acceptors (Lipinski definition) is 1. The van der Waals surface area contributed by atoms with Crippen LogP contribution in [0.3, 0.4) is 0 Å². The summed E-state index contributed by atoms with van der Waals surface area (Å²) in [6.45, 7) is 5.49. The molecule has 0 saturated carbocycles. The van der Waals surface area contributed by atoms with Crippen LogP contribution in [0.5, 0.6) is 0 Å². The normalized spacial score (nSPS) is 14.3. The molecule has 2 rings (SSSR count). The Bertz CT molecular complexity index is 594. The van der Waals surface area contributed by atoms with Gasteiger partial charge in [0.1, 0.15) is 0 Å². The van der Waals surface area contributed by atoms with Gasteiger partial charge in [-0.2, -0.15) is 13.2 Å². The van der Waals surface area contributed by atoms with E-state index in [1.807, 2.05) is 13.8 Å². The number of nitrogens with two attached hydrogens (primary N) is 1. The first kappa shape index (κ1) is 13.9. The van der Waals surface area contributed by atoms with Crippen molar-refractivity contribution in [3.05, 3.63) is 35.5 Å². The van der Waals surface area contributed by atoms with Gasteiger partial charge in [-0.25, -0.2) is 0 Å². The summed E-state index contributed by atoms with van der Waals surface area (Å²) in [5.74, 6) is 0. The molecule has 0 bridgehead atoms. The minimum absolute atomic E-state index is 0.0569. The Morgan fingerprint density at radius 2 is 1.79 bits per heavy atom. The number of halogens is 3. The first-order valence-electron chi connectivity index (χ1n) is 6.19. The summed E-state index contributed by atoms with van der Waals surface area (Å²) in [5.41, 5.74) is 6.22. The molecular weight excluding hydrogens is 253 g/mol. The van der Waals surface area contributed by atoms with Gasteiger partial charge in [-0.05, 0) is 32.4 Å². The van der Waals surface area contributed by atoms with Gasteiger partial charge in [-0.3, -0.25) is 0 Å². The Morgan fingerprint density at radius 3 is 2.26 bits per heavy atom. The Balaban J connectivity index is 2.87. The molecule has 2 nitrogen and oxygen atoms in total. The fourth-order valence-electron chi connectivity index (χ4n) is 2.34. The summed E-state index contributed by atoms with van der Waals surface area (Å²) in [4.78, 5) is 0. The zero-order valence-corrected chi connectivity index (χ0v) is 11.1. The first-order valence-corrected chi connectivity index (χ1v) is 6.19. The smallest absolute Gasteiger partial charge is 0.344 e. The molecule has 0 aliphatic carbocycles. The number of fused-ring (bicyclic) bond motifs is 1. The van der Waals surface area contributed by atoms with E-state index in [0.717, 1.165) is 11.6 Å². The Kier molecular flexibility index (Phi) is 3.34. The average molecular weight is 270 g/mol. The fraction of sp³-hybridized carbons (Fsp3) is 0.429. The maximum atomic E-state index is 13.1. The maximum absolute atomic E-state index is 13.1. The summed E-state index contributed by atoms with van der Waals surface area (Å²) >= 11 is 0. The van der Waals surface area contributed by atoms with E-state index < -0.39 is 11.7 Å². The van der Waals surface area contributed by atoms with Gasteiger partial charge in [0.15, 0.2) is 0 Å². The van der Waals surface area contributed by atoms with Gasteiger partial charge in [-0.15, -0.1) is 0 Å². The molecule has 5 heteroatoms. The van der Waals surface area contributed by atoms with Crippen LogP contribution in [0.25, 0.3) is 10.9 Å². The largest absolute Gasteiger partial charge is 0.418 e. The van der Waals surface area contributed by atoms with Crippen molar-refractivity contribution >= 4 is 10.9 Å². The van der Waals surface area contributed by atoms with Crippen molar-refractivity contribution in [2.24, 2.45) is 5.73 Å². The SMILES string of the molecule is CC(N)c1cn(C(C)C)c2c(C(F)(F)F)cccc12. The van der Waals surface area contributed by atoms with Crippen LogP contribution in [0.4, 0.5) is 13.2 Å². The molecule has 0 radical (unpaired) electrons. The van der Waals surface area contributed by atoms with E-state index in [2.05, 4.69) is 0 Å². The number of para-hydroxylation sites is 1. The Morgan fingerprint density at radius 1 is 1.16 bits per heavy atom. The number of alkyl halides is 3. The van der Waals surface area contributed by atoms with Crippen molar-refractivity contribution in [3.8, 4) is 0 Å². The highest BCUT2D eigenvalue weighted by Crippen LogP contribution is 2.38. The molecule has 1 aromatic carbocycles. The first-order chi connectivity index (χ1) is 8.73. The fourth-order valence-corrected chi connectivity index (χ4v) is 2.34. The van der Waals surface area contributed by atoms with Crippen molar-refractivity contribution in [1.29, 1.82) is 0 Å². The predicted octanol–water partition coefficient (Wildman–Crippen LogP) is 4.26. The van der Waals surface area contributed by atoms with Crippen molar-refractivity contribution in [2.75, 3.05) is 0 Å². The Hall–Kier alpha value is -1.49. The van der Waals surface area contributed by atoms with E-state index in [1.54, 1.807) is 23.8 Å². The van der Waals surface area contributed by atoms with Gasteiger partial charge >= 0.3 is 6.18 Å². The lowest BCUT2D eigenvalue weighted by molar-refractivity contribution is -0.136. The average Bonchev–Trinajstić information content (AvgIpc) is 2.66. The van der Waals surface area contributed by atoms with Crippen LogP contribution in [0.2, 0.25) is 0 Å². The third-order valence-electron chi connectivity index (χ3n) is 3.24. The van der Waals surface area contributed by atoms with Gasteiger partial charge < -0.3 is 10.3 Å². The second-order valence-electron chi connectivity index (χ2n) is 5.07. The summed E-state index contributed by atoms with van der Waals surface area (Å²) in [7, 11) is 0. The standard InChI is InChI=1S/C14H17F3N2/c1-8(2)19-7-11(9(3)18)10-5-4-6-12(13(10)19)14(15,16)17/h4-9H,18H2,1-3H3. The van der Waals surface area contributed by atoms with Gasteiger partial charge in [0.2, 0.25) is 0 Å². The monoisotopic (exact) mass is 270 g/mol. The number of nitrogens with zero attached hydrogens (tertiary/aromatic N) is 1. The lowest BCUT2D eigenvalue weighted by Gasteiger charge is -2.14. The van der Waals surface area contributed by atoms with Crippen LogP contribution in [0.1, 0.15) is 44.0 Å². The molecule has 1 unspecified atom stereocenters. The molecule has 0 amide bonds. The summed E-state index contributed by atoms with van der Waals surface area (Å²) < 4.78 is 41.0. The molecule has 19 heavy (non-hydrogen) atoms. The number of benzene rings is 1. The highest BCUT2D eigenvalue weighted by Gasteiger charge is 2.34. The summed E-state index contributed by atoms with van der Waals surface area (Å²) in [5, 5.41) is 0.582. The molecular formula is C14H17F3N2. The molecule has 1 aromatic heterocycles. The molecule has 2 aromatic rings. The minimum atomic E-state index is -4.36. The van der Waals surface area contributed by atoms with E-state index in [-0.39, 0.29) is 17.6 Å². The summed E-state index contributed by atoms with van der Waals surface area (Å²) in [6.07, 6.45) is -2.63. The van der Waals surface area contributed by atoms with Gasteiger partial charge in [-0.1, -0.05) is 12.1 Å². The van der Waals surface area contributed by atoms with Crippen LogP contribution >= 0.6 is 0 Å². The van der Waals surface area contributed by atoms with Crippen molar-refractivity contribution in [2.45, 2.75) is 39.0 Å². The van der Waals surface area contributed by atoms with E-state index >= 15 is 0 Å². The van der Waals surface area contributed by atoms with Crippen molar-refractivity contribution < 1.29 is 13.2 Å². The van der Waals surface area contributed by atoms with Crippen LogP contribution in [0.15, 0.2) is 24.4 Å². The lowest BCUT2D eigenvalue weighted by Crippen LogP contribution is -2.09. The van der Waals surface area contributed by atoms with Crippen LogP contribution in [0, 0.1) is 0 Å². The third-order valence-corrected chi connectivity index (χ3v) is 3.24. The maximum Gasteiger partial charge on any atom is 0.418 e. The zero-order chi connectivity index (χ0) is 14.4. The molecule has 104 valence electrons. The van der Waals surface area contributed by atoms with E-state index in [0.29, 0.717) is 5.39 Å². The highest BCUT2D eigenvalue weighted by atomic mass is 19.4. The van der Waals surface area contributed by atoms with E-state index in [4.69, 9.17) is 5.73 Å². The molecule has 0 fully saturated rings. The molecule has 0 aliphatic rings. The minimum Gasteiger partial charge on any atom is -0.344 e. The number of rotatable bonds is 2. The second-order valence-corrected chi connectivity index (χ2v) is 5.07. The molecule has 2 N–H and O–H groups in total. The molecule has 0 spiro atoms. The molecule has 0 saturated heterocycles.